The molecular weight excluding hydrogens is 363 g/mol. The molecule has 0 bridgehead atoms. The summed E-state index contributed by atoms with van der Waals surface area (Å²) < 4.78 is 25.7. The van der Waals surface area contributed by atoms with E-state index in [-0.39, 0.29) is 4.03 Å². The molecule has 0 radical (unpaired) electrons. The second-order valence-corrected chi connectivity index (χ2v) is 17.7. The van der Waals surface area contributed by atoms with Gasteiger partial charge in [0.15, 0.2) is 0 Å². The van der Waals surface area contributed by atoms with Crippen LogP contribution in [-0.2, 0) is 10.1 Å². The largest absolute Gasteiger partial charge is 0.286 e. The third-order valence-corrected chi connectivity index (χ3v) is 0. The van der Waals surface area contributed by atoms with Crippen LogP contribution in [-0.4, -0.2) is 19.2 Å². The van der Waals surface area contributed by atoms with Gasteiger partial charge in [-0.05, 0) is 46.5 Å². The first-order valence-electron chi connectivity index (χ1n) is 1.43. The second-order valence-electron chi connectivity index (χ2n) is 0.925. The van der Waals surface area contributed by atoms with E-state index >= 15 is 0 Å². The summed E-state index contributed by atoms with van der Waals surface area (Å²) in [4.78, 5) is 0. The normalized spacial score (nSPS) is 10.4. The minimum atomic E-state index is -3.67. The van der Waals surface area contributed by atoms with Crippen molar-refractivity contribution in [2.75, 3.05) is 6.26 Å². The Morgan fingerprint density at radius 1 is 1.33 bits per heavy atom. The van der Waals surface area contributed by atoms with Crippen LogP contribution in [0.5, 0.6) is 0 Å². The van der Waals surface area contributed by atoms with Crippen LogP contribution < -0.4 is 0 Å². The Balaban J connectivity index is 0. The maximum Gasteiger partial charge on any atom is 0.261 e. The molecule has 0 rings (SSSR count). The van der Waals surface area contributed by atoms with Crippen LogP contribution in [0.4, 0.5) is 0 Å². The van der Waals surface area contributed by atoms with Crippen LogP contribution in [0.2, 0.25) is 0 Å². The van der Waals surface area contributed by atoms with Gasteiger partial charge in [0.25, 0.3) is 10.1 Å². The number of hydrogen-bond donors (Lipinski definition) is 1. The fourth-order valence-corrected chi connectivity index (χ4v) is 0. The van der Waals surface area contributed by atoms with Crippen molar-refractivity contribution in [2.24, 2.45) is 0 Å². The quantitative estimate of drug-likeness (QED) is 0.530. The minimum Gasteiger partial charge on any atom is -0.286 e. The van der Waals surface area contributed by atoms with Crippen molar-refractivity contribution in [1.29, 1.82) is 0 Å². The lowest BCUT2D eigenvalue weighted by Crippen LogP contribution is -1.88. The molecule has 0 saturated heterocycles. The van der Waals surface area contributed by atoms with E-state index in [2.05, 4.69) is 46.5 Å². The molecule has 0 atom stereocenters. The highest BCUT2D eigenvalue weighted by Crippen LogP contribution is 2.59. The summed E-state index contributed by atoms with van der Waals surface area (Å²) in [5.41, 5.74) is 0. The zero-order chi connectivity index (χ0) is 8.08. The van der Waals surface area contributed by atoms with E-state index in [4.69, 9.17) is 4.55 Å². The maximum atomic E-state index is 9.19. The lowest BCUT2D eigenvalue weighted by Gasteiger charge is -1.70. The Bertz CT molecular complexity index is 130. The molecule has 0 unspecified atom stereocenters. The van der Waals surface area contributed by atoms with Gasteiger partial charge >= 0.3 is 0 Å². The molecule has 0 amide bonds. The molecule has 0 aromatic carbocycles. The topological polar surface area (TPSA) is 54.4 Å². The van der Waals surface area contributed by atoms with Gasteiger partial charge in [-0.3, -0.25) is 4.55 Å². The highest BCUT2D eigenvalue weighted by atomic mass is 80.0. The summed E-state index contributed by atoms with van der Waals surface area (Å²) in [6.45, 7) is 0. The zero-order valence-corrected chi connectivity index (χ0v) is 10.7. The molecule has 0 aliphatic carbocycles. The summed E-state index contributed by atoms with van der Waals surface area (Å²) in [6.07, 6.45) is 0.715. The number of rotatable bonds is 0. The van der Waals surface area contributed by atoms with Gasteiger partial charge in [0.1, 0.15) is 4.03 Å². The van der Waals surface area contributed by atoms with Gasteiger partial charge in [-0.15, -0.1) is 0 Å². The lowest BCUT2D eigenvalue weighted by molar-refractivity contribution is 0.490. The fourth-order valence-electron chi connectivity index (χ4n) is 0. The maximum absolute atomic E-state index is 9.19. The van der Waals surface area contributed by atoms with Crippen LogP contribution in [0, 0.1) is 0 Å². The van der Waals surface area contributed by atoms with Gasteiger partial charge in [-0.1, -0.05) is 0 Å². The molecule has 0 spiro atoms. The van der Waals surface area contributed by atoms with Crippen LogP contribution in [0.3, 0.4) is 0 Å². The molecule has 8 heteroatoms. The minimum absolute atomic E-state index is 0.183. The standard InChI is InChI=1S/CH4O3S.Br3P/c1-5(2,3)4;1-4(2)3/h1H3,(H,2,3,4);. The summed E-state index contributed by atoms with van der Waals surface area (Å²) in [5.74, 6) is 0. The molecule has 58 valence electrons. The highest BCUT2D eigenvalue weighted by Gasteiger charge is 1.81. The van der Waals surface area contributed by atoms with Crippen molar-refractivity contribution in [2.45, 2.75) is 0 Å². The van der Waals surface area contributed by atoms with Gasteiger partial charge in [-0.2, -0.15) is 8.42 Å². The van der Waals surface area contributed by atoms with Crippen molar-refractivity contribution < 1.29 is 13.0 Å². The van der Waals surface area contributed by atoms with E-state index in [0.717, 1.165) is 0 Å². The molecule has 3 nitrogen and oxygen atoms in total. The van der Waals surface area contributed by atoms with Gasteiger partial charge in [0.2, 0.25) is 0 Å². The van der Waals surface area contributed by atoms with Crippen LogP contribution in [0.15, 0.2) is 0 Å². The monoisotopic (exact) mass is 364 g/mol. The molecule has 0 fully saturated rings. The van der Waals surface area contributed by atoms with Gasteiger partial charge in [0.05, 0.1) is 6.26 Å². The van der Waals surface area contributed by atoms with Crippen molar-refractivity contribution in [1.82, 2.24) is 0 Å². The molecule has 0 aliphatic rings. The van der Waals surface area contributed by atoms with Crippen molar-refractivity contribution >= 4 is 60.6 Å². The lowest BCUT2D eigenvalue weighted by atomic mass is 12.0. The Kier molecular flexibility index (Phi) is 9.64. The van der Waals surface area contributed by atoms with Crippen LogP contribution in [0.1, 0.15) is 0 Å². The summed E-state index contributed by atoms with van der Waals surface area (Å²) >= 11 is 9.51. The number of halogens is 3. The average Bonchev–Trinajstić information content (AvgIpc) is 1.19. The molecule has 0 saturated carbocycles. The van der Waals surface area contributed by atoms with Gasteiger partial charge in [-0.25, -0.2) is 0 Å². The molecule has 0 aromatic rings. The highest BCUT2D eigenvalue weighted by molar-refractivity contribution is 9.93. The third-order valence-electron chi connectivity index (χ3n) is 0. The first kappa shape index (κ1) is 13.4. The Morgan fingerprint density at radius 3 is 1.33 bits per heavy atom. The second kappa shape index (κ2) is 6.49. The van der Waals surface area contributed by atoms with Crippen LogP contribution in [0.25, 0.3) is 0 Å². The third kappa shape index (κ3) is 187. The van der Waals surface area contributed by atoms with Gasteiger partial charge in [0, 0.05) is 0 Å². The van der Waals surface area contributed by atoms with E-state index in [1.54, 1.807) is 0 Å². The summed E-state index contributed by atoms with van der Waals surface area (Å²) in [5, 5.41) is 0. The Hall–Kier alpha value is 1.78. The number of hydrogen-bond acceptors (Lipinski definition) is 2. The first-order valence-corrected chi connectivity index (χ1v) is 10.7. The van der Waals surface area contributed by atoms with Crippen molar-refractivity contribution in [3.63, 3.8) is 0 Å². The molecule has 0 aliphatic heterocycles. The summed E-state index contributed by atoms with van der Waals surface area (Å²) in [6, 6.07) is 0. The smallest absolute Gasteiger partial charge is 0.261 e. The van der Waals surface area contributed by atoms with Crippen LogP contribution >= 0.6 is 50.5 Å². The first-order chi connectivity index (χ1) is 3.73. The van der Waals surface area contributed by atoms with E-state index in [1.165, 1.54) is 0 Å². The Morgan fingerprint density at radius 2 is 1.33 bits per heavy atom. The molecule has 0 aromatic heterocycles. The Labute approximate surface area is 79.3 Å². The van der Waals surface area contributed by atoms with E-state index < -0.39 is 10.1 Å². The fraction of sp³-hybridized carbons (Fsp3) is 1.00. The van der Waals surface area contributed by atoms with Gasteiger partial charge < -0.3 is 0 Å². The summed E-state index contributed by atoms with van der Waals surface area (Å²) in [7, 11) is -3.67. The van der Waals surface area contributed by atoms with Crippen molar-refractivity contribution in [3.05, 3.63) is 0 Å². The molecular formula is CH4Br3O3PS. The predicted molar refractivity (Wildman–Crippen MR) is 51.2 cm³/mol. The van der Waals surface area contributed by atoms with E-state index in [0.29, 0.717) is 6.26 Å². The van der Waals surface area contributed by atoms with E-state index in [1.807, 2.05) is 0 Å². The molecule has 1 N–H and O–H groups in total. The van der Waals surface area contributed by atoms with E-state index in [9.17, 15) is 8.42 Å². The zero-order valence-electron chi connectivity index (χ0n) is 4.25. The molecule has 9 heavy (non-hydrogen) atoms. The SMILES string of the molecule is BrP(Br)Br.CS(=O)(=O)O. The predicted octanol–water partition coefficient (Wildman–Crippen LogP) is 2.90. The average molecular weight is 367 g/mol. The van der Waals surface area contributed by atoms with Crippen molar-refractivity contribution in [3.8, 4) is 0 Å². The molecule has 0 heterocycles.